The van der Waals surface area contributed by atoms with E-state index in [4.69, 9.17) is 0 Å². The Morgan fingerprint density at radius 3 is 2.67 bits per heavy atom. The van der Waals surface area contributed by atoms with E-state index in [0.29, 0.717) is 18.3 Å². The molecule has 1 heterocycles. The van der Waals surface area contributed by atoms with Crippen molar-refractivity contribution in [3.63, 3.8) is 0 Å². The van der Waals surface area contributed by atoms with Crippen molar-refractivity contribution in [3.8, 4) is 0 Å². The summed E-state index contributed by atoms with van der Waals surface area (Å²) in [6, 6.07) is 8.41. The van der Waals surface area contributed by atoms with E-state index in [-0.39, 0.29) is 5.91 Å². The molecule has 1 aromatic carbocycles. The Labute approximate surface area is 143 Å². The van der Waals surface area contributed by atoms with Crippen molar-refractivity contribution in [2.24, 2.45) is 0 Å². The number of hydrogen-bond acceptors (Lipinski definition) is 4. The molecule has 0 bridgehead atoms. The van der Waals surface area contributed by atoms with Crippen molar-refractivity contribution < 1.29 is 4.79 Å². The molecule has 1 aliphatic carbocycles. The van der Waals surface area contributed by atoms with Crippen LogP contribution in [-0.2, 0) is 0 Å². The summed E-state index contributed by atoms with van der Waals surface area (Å²) >= 11 is 0. The molecule has 0 saturated heterocycles. The van der Waals surface area contributed by atoms with E-state index in [1.807, 2.05) is 38.1 Å². The van der Waals surface area contributed by atoms with Crippen LogP contribution in [-0.4, -0.2) is 28.5 Å². The Bertz CT molecular complexity index is 693. The lowest BCUT2D eigenvalue weighted by Gasteiger charge is -2.21. The molecule has 0 atom stereocenters. The first-order valence-corrected chi connectivity index (χ1v) is 8.64. The molecule has 1 fully saturated rings. The van der Waals surface area contributed by atoms with Crippen LogP contribution in [0.2, 0.25) is 0 Å². The number of anilines is 2. The quantitative estimate of drug-likeness (QED) is 0.908. The number of rotatable bonds is 5. The highest BCUT2D eigenvalue weighted by Gasteiger charge is 2.19. The molecule has 1 aromatic heterocycles. The molecule has 2 aromatic rings. The highest BCUT2D eigenvalue weighted by Crippen LogP contribution is 2.21. The van der Waals surface area contributed by atoms with Crippen molar-refractivity contribution in [1.82, 2.24) is 9.97 Å². The number of aromatic nitrogens is 2. The fourth-order valence-electron chi connectivity index (χ4n) is 3.17. The summed E-state index contributed by atoms with van der Waals surface area (Å²) in [6.45, 7) is 4.57. The molecule has 5 nitrogen and oxygen atoms in total. The van der Waals surface area contributed by atoms with Gasteiger partial charge in [-0.25, -0.2) is 9.97 Å². The number of carbonyl (C=O) groups is 1. The first-order valence-electron chi connectivity index (χ1n) is 8.64. The second-order valence-corrected chi connectivity index (χ2v) is 6.30. The lowest BCUT2D eigenvalue weighted by atomic mass is 10.2. The predicted molar refractivity (Wildman–Crippen MR) is 96.4 cm³/mol. The van der Waals surface area contributed by atoms with Crippen molar-refractivity contribution in [1.29, 1.82) is 0 Å². The van der Waals surface area contributed by atoms with Gasteiger partial charge < -0.3 is 10.2 Å². The minimum Gasteiger partial charge on any atom is -0.366 e. The van der Waals surface area contributed by atoms with E-state index in [1.165, 1.54) is 25.7 Å². The van der Waals surface area contributed by atoms with Crippen LogP contribution in [0, 0.1) is 6.92 Å². The average Bonchev–Trinajstić information content (AvgIpc) is 3.09. The van der Waals surface area contributed by atoms with Crippen molar-refractivity contribution in [2.75, 3.05) is 16.8 Å². The number of amides is 1. The van der Waals surface area contributed by atoms with Gasteiger partial charge in [-0.15, -0.1) is 0 Å². The van der Waals surface area contributed by atoms with Gasteiger partial charge in [0.15, 0.2) is 0 Å². The Hall–Kier alpha value is -2.43. The zero-order valence-electron chi connectivity index (χ0n) is 14.3. The number of hydrogen-bond donors (Lipinski definition) is 1. The zero-order valence-corrected chi connectivity index (χ0v) is 14.3. The first kappa shape index (κ1) is 16.4. The van der Waals surface area contributed by atoms with E-state index in [0.717, 1.165) is 17.1 Å². The van der Waals surface area contributed by atoms with Crippen LogP contribution in [0.15, 0.2) is 36.7 Å². The third-order valence-corrected chi connectivity index (χ3v) is 4.45. The van der Waals surface area contributed by atoms with Gasteiger partial charge in [-0.2, -0.15) is 0 Å². The van der Waals surface area contributed by atoms with Crippen molar-refractivity contribution >= 4 is 17.4 Å². The molecule has 0 radical (unpaired) electrons. The van der Waals surface area contributed by atoms with E-state index in [2.05, 4.69) is 15.3 Å². The lowest BCUT2D eigenvalue weighted by molar-refractivity contribution is 0.0983. The molecule has 1 N–H and O–H groups in total. The maximum atomic E-state index is 12.7. The van der Waals surface area contributed by atoms with E-state index >= 15 is 0 Å². The molecule has 126 valence electrons. The van der Waals surface area contributed by atoms with Crippen LogP contribution in [0.1, 0.15) is 48.7 Å². The number of nitrogens with one attached hydrogen (secondary N) is 1. The normalized spacial score (nSPS) is 14.6. The van der Waals surface area contributed by atoms with Gasteiger partial charge in [0.1, 0.15) is 11.5 Å². The summed E-state index contributed by atoms with van der Waals surface area (Å²) in [5, 5.41) is 3.39. The molecule has 1 saturated carbocycles. The highest BCUT2D eigenvalue weighted by atomic mass is 16.2. The summed E-state index contributed by atoms with van der Waals surface area (Å²) < 4.78 is 0. The van der Waals surface area contributed by atoms with Crippen LogP contribution in [0.25, 0.3) is 0 Å². The fraction of sp³-hybridized carbons (Fsp3) is 0.421. The standard InChI is InChI=1S/C19H24N4O/c1-3-23(16-10-6-7-14(2)11-16)19(24)17-12-21-18(13-20-17)22-15-8-4-5-9-15/h6-7,10-13,15H,3-5,8-9H2,1-2H3,(H,21,22). The monoisotopic (exact) mass is 324 g/mol. The molecule has 1 amide bonds. The van der Waals surface area contributed by atoms with Crippen LogP contribution in [0.4, 0.5) is 11.5 Å². The van der Waals surface area contributed by atoms with Gasteiger partial charge in [-0.3, -0.25) is 4.79 Å². The molecule has 0 spiro atoms. The Kier molecular flexibility index (Phi) is 5.08. The fourth-order valence-corrected chi connectivity index (χ4v) is 3.17. The highest BCUT2D eigenvalue weighted by molar-refractivity contribution is 6.04. The van der Waals surface area contributed by atoms with Crippen molar-refractivity contribution in [3.05, 3.63) is 47.9 Å². The molecule has 5 heteroatoms. The third-order valence-electron chi connectivity index (χ3n) is 4.45. The van der Waals surface area contributed by atoms with Gasteiger partial charge in [0.05, 0.1) is 12.4 Å². The van der Waals surface area contributed by atoms with Gasteiger partial charge in [0.2, 0.25) is 0 Å². The van der Waals surface area contributed by atoms with Gasteiger partial charge in [0.25, 0.3) is 5.91 Å². The smallest absolute Gasteiger partial charge is 0.278 e. The molecule has 3 rings (SSSR count). The Morgan fingerprint density at radius 1 is 1.25 bits per heavy atom. The van der Waals surface area contributed by atoms with E-state index in [9.17, 15) is 4.79 Å². The zero-order chi connectivity index (χ0) is 16.9. The molecule has 0 unspecified atom stereocenters. The number of nitrogens with zero attached hydrogens (tertiary/aromatic N) is 3. The SMILES string of the molecule is CCN(C(=O)c1cnc(NC2CCCC2)cn1)c1cccc(C)c1. The van der Waals surface area contributed by atoms with Crippen LogP contribution in [0.3, 0.4) is 0 Å². The van der Waals surface area contributed by atoms with Gasteiger partial charge in [-0.1, -0.05) is 25.0 Å². The third kappa shape index (κ3) is 3.72. The summed E-state index contributed by atoms with van der Waals surface area (Å²) in [7, 11) is 0. The summed E-state index contributed by atoms with van der Waals surface area (Å²) in [6.07, 6.45) is 8.12. The summed E-state index contributed by atoms with van der Waals surface area (Å²) in [5.41, 5.74) is 2.38. The minimum absolute atomic E-state index is 0.122. The maximum absolute atomic E-state index is 12.7. The van der Waals surface area contributed by atoms with Crippen LogP contribution >= 0.6 is 0 Å². The largest absolute Gasteiger partial charge is 0.366 e. The number of carbonyl (C=O) groups excluding carboxylic acids is 1. The first-order chi connectivity index (χ1) is 11.7. The molecule has 24 heavy (non-hydrogen) atoms. The van der Waals surface area contributed by atoms with Crippen molar-refractivity contribution in [2.45, 2.75) is 45.6 Å². The van der Waals surface area contributed by atoms with Crippen LogP contribution in [0.5, 0.6) is 0 Å². The molecule has 1 aliphatic rings. The Morgan fingerprint density at radius 2 is 2.04 bits per heavy atom. The lowest BCUT2D eigenvalue weighted by Crippen LogP contribution is -2.31. The topological polar surface area (TPSA) is 58.1 Å². The maximum Gasteiger partial charge on any atom is 0.278 e. The van der Waals surface area contributed by atoms with Gasteiger partial charge in [-0.05, 0) is 44.4 Å². The number of aryl methyl sites for hydroxylation is 1. The van der Waals surface area contributed by atoms with Gasteiger partial charge >= 0.3 is 0 Å². The van der Waals surface area contributed by atoms with E-state index in [1.54, 1.807) is 17.3 Å². The Balaban J connectivity index is 1.73. The van der Waals surface area contributed by atoms with Crippen LogP contribution < -0.4 is 10.2 Å². The van der Waals surface area contributed by atoms with E-state index < -0.39 is 0 Å². The summed E-state index contributed by atoms with van der Waals surface area (Å²) in [4.78, 5) is 23.2. The second kappa shape index (κ2) is 7.43. The second-order valence-electron chi connectivity index (χ2n) is 6.30. The molecule has 0 aliphatic heterocycles. The average molecular weight is 324 g/mol. The minimum atomic E-state index is -0.122. The molecular formula is C19H24N4O. The number of benzene rings is 1. The van der Waals surface area contributed by atoms with Gasteiger partial charge in [0, 0.05) is 18.3 Å². The predicted octanol–water partition coefficient (Wildman–Crippen LogP) is 3.81. The molecular weight excluding hydrogens is 300 g/mol. The summed E-state index contributed by atoms with van der Waals surface area (Å²) in [5.74, 6) is 0.625.